The summed E-state index contributed by atoms with van der Waals surface area (Å²) in [7, 11) is -2.50. The van der Waals surface area contributed by atoms with Crippen LogP contribution in [0.2, 0.25) is 10.0 Å². The summed E-state index contributed by atoms with van der Waals surface area (Å²) in [6.07, 6.45) is 0.672. The van der Waals surface area contributed by atoms with Crippen molar-refractivity contribution in [2.75, 3.05) is 18.0 Å². The van der Waals surface area contributed by atoms with Crippen LogP contribution in [0.5, 0.6) is 5.75 Å². The Morgan fingerprint density at radius 1 is 1.00 bits per heavy atom. The Balaban J connectivity index is 1.94. The molecule has 0 spiro atoms. The molecule has 0 saturated carbocycles. The van der Waals surface area contributed by atoms with Crippen LogP contribution in [0.25, 0.3) is 0 Å². The first kappa shape index (κ1) is 26.9. The summed E-state index contributed by atoms with van der Waals surface area (Å²) in [6.45, 7) is 3.66. The summed E-state index contributed by atoms with van der Waals surface area (Å²) in [5.74, 6) is 0.537. The van der Waals surface area contributed by atoms with Gasteiger partial charge in [0.25, 0.3) is 10.0 Å². The average molecular weight is 535 g/mol. The van der Waals surface area contributed by atoms with Crippen molar-refractivity contribution >= 4 is 44.8 Å². The SMILES string of the molecule is COc1ccc(C(CC(C)C)NC(=O)CN(c2ccc(Cl)cc2Cl)S(=O)(=O)c2ccccc2)cc1. The number of nitrogens with zero attached hydrogens (tertiary/aromatic N) is 1. The number of ether oxygens (including phenoxy) is 1. The Morgan fingerprint density at radius 2 is 1.66 bits per heavy atom. The monoisotopic (exact) mass is 534 g/mol. The molecule has 0 bridgehead atoms. The Hall–Kier alpha value is -2.74. The van der Waals surface area contributed by atoms with Crippen molar-refractivity contribution in [3.8, 4) is 5.75 Å². The van der Waals surface area contributed by atoms with E-state index in [1.165, 1.54) is 30.3 Å². The van der Waals surface area contributed by atoms with Gasteiger partial charge in [-0.25, -0.2) is 8.42 Å². The van der Waals surface area contributed by atoms with Crippen LogP contribution < -0.4 is 14.4 Å². The third-order valence-electron chi connectivity index (χ3n) is 5.36. The van der Waals surface area contributed by atoms with E-state index in [-0.39, 0.29) is 27.6 Å². The van der Waals surface area contributed by atoms with Gasteiger partial charge in [0.15, 0.2) is 0 Å². The molecule has 0 aliphatic heterocycles. The highest BCUT2D eigenvalue weighted by Crippen LogP contribution is 2.33. The number of rotatable bonds is 10. The van der Waals surface area contributed by atoms with E-state index in [1.807, 2.05) is 24.3 Å². The predicted molar refractivity (Wildman–Crippen MR) is 141 cm³/mol. The molecular formula is C26H28Cl2N2O4S. The fraction of sp³-hybridized carbons (Fsp3) is 0.269. The lowest BCUT2D eigenvalue weighted by molar-refractivity contribution is -0.120. The summed E-state index contributed by atoms with van der Waals surface area (Å²) < 4.78 is 33.3. The van der Waals surface area contributed by atoms with Crippen molar-refractivity contribution in [3.63, 3.8) is 0 Å². The summed E-state index contributed by atoms with van der Waals surface area (Å²) >= 11 is 12.4. The molecule has 6 nitrogen and oxygen atoms in total. The van der Waals surface area contributed by atoms with Gasteiger partial charge in [0.1, 0.15) is 12.3 Å². The van der Waals surface area contributed by atoms with Crippen LogP contribution in [0.4, 0.5) is 5.69 Å². The van der Waals surface area contributed by atoms with Crippen LogP contribution in [0.15, 0.2) is 77.7 Å². The average Bonchev–Trinajstić information content (AvgIpc) is 2.83. The number of hydrogen-bond acceptors (Lipinski definition) is 4. The van der Waals surface area contributed by atoms with Crippen molar-refractivity contribution in [2.24, 2.45) is 5.92 Å². The van der Waals surface area contributed by atoms with Crippen LogP contribution in [0.3, 0.4) is 0 Å². The highest BCUT2D eigenvalue weighted by atomic mass is 35.5. The summed E-state index contributed by atoms with van der Waals surface area (Å²) in [5.41, 5.74) is 1.06. The van der Waals surface area contributed by atoms with Crippen LogP contribution in [-0.4, -0.2) is 28.0 Å². The van der Waals surface area contributed by atoms with Gasteiger partial charge in [-0.2, -0.15) is 0 Å². The molecule has 3 aromatic carbocycles. The van der Waals surface area contributed by atoms with Gasteiger partial charge in [-0.15, -0.1) is 0 Å². The maximum Gasteiger partial charge on any atom is 0.264 e. The Morgan fingerprint density at radius 3 is 2.23 bits per heavy atom. The predicted octanol–water partition coefficient (Wildman–Crippen LogP) is 6.10. The molecular weight excluding hydrogens is 507 g/mol. The van der Waals surface area contributed by atoms with E-state index in [2.05, 4.69) is 19.2 Å². The number of benzene rings is 3. The second kappa shape index (κ2) is 11.8. The van der Waals surface area contributed by atoms with E-state index in [1.54, 1.807) is 25.3 Å². The molecule has 186 valence electrons. The second-order valence-electron chi connectivity index (χ2n) is 8.44. The van der Waals surface area contributed by atoms with Gasteiger partial charge in [0.2, 0.25) is 5.91 Å². The second-order valence-corrected chi connectivity index (χ2v) is 11.1. The van der Waals surface area contributed by atoms with E-state index in [4.69, 9.17) is 27.9 Å². The molecule has 1 unspecified atom stereocenters. The third kappa shape index (κ3) is 6.90. The molecule has 9 heteroatoms. The molecule has 0 fully saturated rings. The van der Waals surface area contributed by atoms with E-state index in [0.29, 0.717) is 17.2 Å². The van der Waals surface area contributed by atoms with Gasteiger partial charge in [0, 0.05) is 5.02 Å². The van der Waals surface area contributed by atoms with Gasteiger partial charge >= 0.3 is 0 Å². The normalized spacial score (nSPS) is 12.3. The van der Waals surface area contributed by atoms with E-state index < -0.39 is 22.5 Å². The lowest BCUT2D eigenvalue weighted by atomic mass is 9.97. The topological polar surface area (TPSA) is 75.7 Å². The molecule has 0 aliphatic carbocycles. The molecule has 35 heavy (non-hydrogen) atoms. The zero-order valence-electron chi connectivity index (χ0n) is 19.7. The minimum absolute atomic E-state index is 0.0488. The fourth-order valence-electron chi connectivity index (χ4n) is 3.66. The number of sulfonamides is 1. The van der Waals surface area contributed by atoms with Gasteiger partial charge in [-0.3, -0.25) is 9.10 Å². The smallest absolute Gasteiger partial charge is 0.264 e. The summed E-state index contributed by atoms with van der Waals surface area (Å²) in [5, 5.41) is 3.48. The molecule has 1 N–H and O–H groups in total. The standard InChI is InChI=1S/C26H28Cl2N2O4S/c1-18(2)15-24(19-9-12-21(34-3)13-10-19)29-26(31)17-30(25-14-11-20(27)16-23(25)28)35(32,33)22-7-5-4-6-8-22/h4-14,16,18,24H,15,17H2,1-3H3,(H,29,31). The molecule has 0 saturated heterocycles. The first-order valence-corrected chi connectivity index (χ1v) is 13.3. The first-order chi connectivity index (χ1) is 16.6. The molecule has 1 atom stereocenters. The molecule has 1 amide bonds. The zero-order valence-corrected chi connectivity index (χ0v) is 22.1. The first-order valence-electron chi connectivity index (χ1n) is 11.1. The lowest BCUT2D eigenvalue weighted by Crippen LogP contribution is -2.42. The Kier molecular flexibility index (Phi) is 9.05. The Bertz CT molecular complexity index is 1250. The zero-order chi connectivity index (χ0) is 25.6. The fourth-order valence-corrected chi connectivity index (χ4v) is 5.68. The van der Waals surface area contributed by atoms with Crippen molar-refractivity contribution < 1.29 is 17.9 Å². The van der Waals surface area contributed by atoms with E-state index >= 15 is 0 Å². The van der Waals surface area contributed by atoms with E-state index in [9.17, 15) is 13.2 Å². The molecule has 0 aliphatic rings. The number of methoxy groups -OCH3 is 1. The van der Waals surface area contributed by atoms with Crippen LogP contribution in [0, 0.1) is 5.92 Å². The van der Waals surface area contributed by atoms with Crippen molar-refractivity contribution in [2.45, 2.75) is 31.2 Å². The molecule has 3 aromatic rings. The number of hydrogen-bond donors (Lipinski definition) is 1. The number of carbonyl (C=O) groups excluding carboxylic acids is 1. The van der Waals surface area contributed by atoms with Crippen LogP contribution >= 0.6 is 23.2 Å². The van der Waals surface area contributed by atoms with Gasteiger partial charge in [-0.05, 0) is 60.4 Å². The number of carbonyl (C=O) groups is 1. The number of nitrogens with one attached hydrogen (secondary N) is 1. The number of halogens is 2. The summed E-state index contributed by atoms with van der Waals surface area (Å²) in [4.78, 5) is 13.3. The summed E-state index contributed by atoms with van der Waals surface area (Å²) in [6, 6.07) is 19.5. The van der Waals surface area contributed by atoms with Crippen molar-refractivity contribution in [1.29, 1.82) is 0 Å². The Labute approximate surface area is 216 Å². The molecule has 0 radical (unpaired) electrons. The third-order valence-corrected chi connectivity index (χ3v) is 7.67. The van der Waals surface area contributed by atoms with Gasteiger partial charge in [0.05, 0.1) is 28.8 Å². The van der Waals surface area contributed by atoms with Crippen LogP contribution in [-0.2, 0) is 14.8 Å². The van der Waals surface area contributed by atoms with Gasteiger partial charge in [-0.1, -0.05) is 67.4 Å². The number of anilines is 1. The van der Waals surface area contributed by atoms with Crippen LogP contribution in [0.1, 0.15) is 31.9 Å². The highest BCUT2D eigenvalue weighted by Gasteiger charge is 2.29. The van der Waals surface area contributed by atoms with Crippen molar-refractivity contribution in [3.05, 3.63) is 88.4 Å². The quantitative estimate of drug-likeness (QED) is 0.340. The maximum absolute atomic E-state index is 13.5. The molecule has 0 heterocycles. The minimum atomic E-state index is -4.09. The molecule has 3 rings (SSSR count). The highest BCUT2D eigenvalue weighted by molar-refractivity contribution is 7.92. The van der Waals surface area contributed by atoms with Gasteiger partial charge < -0.3 is 10.1 Å². The lowest BCUT2D eigenvalue weighted by Gasteiger charge is -2.27. The number of amides is 1. The minimum Gasteiger partial charge on any atom is -0.497 e. The largest absolute Gasteiger partial charge is 0.497 e. The maximum atomic E-state index is 13.5. The van der Waals surface area contributed by atoms with E-state index in [0.717, 1.165) is 9.87 Å². The van der Waals surface area contributed by atoms with Crippen molar-refractivity contribution in [1.82, 2.24) is 5.32 Å². The molecule has 0 aromatic heterocycles.